The van der Waals surface area contributed by atoms with Crippen molar-refractivity contribution in [1.82, 2.24) is 0 Å². The molecular weight excluding hydrogens is 406 g/mol. The second-order valence-electron chi connectivity index (χ2n) is 6.16. The molecule has 4 nitrogen and oxygen atoms in total. The van der Waals surface area contributed by atoms with Gasteiger partial charge in [0.15, 0.2) is 0 Å². The third kappa shape index (κ3) is 5.86. The van der Waals surface area contributed by atoms with Crippen LogP contribution in [0.5, 0.6) is 0 Å². The zero-order valence-corrected chi connectivity index (χ0v) is 17.4. The summed E-state index contributed by atoms with van der Waals surface area (Å²) >= 11 is 7.60. The molecule has 0 heterocycles. The zero-order valence-electron chi connectivity index (χ0n) is 15.9. The topological polar surface area (TPSA) is 55.4 Å². The molecule has 0 fully saturated rings. The first kappa shape index (κ1) is 21.0. The van der Waals surface area contributed by atoms with Crippen LogP contribution < -0.4 is 5.32 Å². The second kappa shape index (κ2) is 10.1. The Labute approximate surface area is 179 Å². The number of rotatable bonds is 7. The van der Waals surface area contributed by atoms with Gasteiger partial charge in [0.1, 0.15) is 0 Å². The van der Waals surface area contributed by atoms with Gasteiger partial charge in [-0.2, -0.15) is 0 Å². The van der Waals surface area contributed by atoms with E-state index in [-0.39, 0.29) is 12.5 Å². The van der Waals surface area contributed by atoms with Crippen LogP contribution in [-0.4, -0.2) is 18.5 Å². The molecule has 0 saturated heterocycles. The molecule has 1 amide bonds. The molecule has 3 aromatic rings. The van der Waals surface area contributed by atoms with Gasteiger partial charge in [-0.05, 0) is 61.0 Å². The molecule has 0 aliphatic carbocycles. The van der Waals surface area contributed by atoms with Crippen molar-refractivity contribution in [3.63, 3.8) is 0 Å². The number of halogens is 1. The van der Waals surface area contributed by atoms with Gasteiger partial charge in [-0.25, -0.2) is 4.79 Å². The molecule has 6 heteroatoms. The number of anilines is 1. The highest BCUT2D eigenvalue weighted by molar-refractivity contribution is 7.98. The first-order chi connectivity index (χ1) is 14.1. The number of nitrogens with one attached hydrogen (secondary N) is 1. The molecule has 0 atom stereocenters. The van der Waals surface area contributed by atoms with Crippen molar-refractivity contribution in [2.75, 3.05) is 11.9 Å². The fraction of sp³-hybridized carbons (Fsp3) is 0.130. The molecule has 3 rings (SSSR count). The van der Waals surface area contributed by atoms with E-state index in [1.165, 1.54) is 0 Å². The SMILES string of the molecule is CCOC(=O)c1ccccc1NC(=O)c1ccc(CSc2ccc(Cl)cc2)cc1. The largest absolute Gasteiger partial charge is 0.462 e. The predicted molar refractivity (Wildman–Crippen MR) is 118 cm³/mol. The lowest BCUT2D eigenvalue weighted by Gasteiger charge is -2.10. The lowest BCUT2D eigenvalue weighted by molar-refractivity contribution is 0.0527. The van der Waals surface area contributed by atoms with Crippen molar-refractivity contribution >= 4 is 40.9 Å². The Bertz CT molecular complexity index is 988. The molecule has 1 N–H and O–H groups in total. The molecule has 0 aromatic heterocycles. The van der Waals surface area contributed by atoms with Crippen LogP contribution in [0.1, 0.15) is 33.2 Å². The number of carbonyl (C=O) groups excluding carboxylic acids is 2. The number of carbonyl (C=O) groups is 2. The maximum absolute atomic E-state index is 12.6. The van der Waals surface area contributed by atoms with Gasteiger partial charge < -0.3 is 10.1 Å². The van der Waals surface area contributed by atoms with Crippen molar-refractivity contribution in [2.24, 2.45) is 0 Å². The van der Waals surface area contributed by atoms with Crippen molar-refractivity contribution in [3.05, 3.63) is 94.5 Å². The molecule has 0 bridgehead atoms. The summed E-state index contributed by atoms with van der Waals surface area (Å²) in [5, 5.41) is 3.51. The molecule has 0 aliphatic heterocycles. The van der Waals surface area contributed by atoms with Crippen LogP contribution in [0, 0.1) is 0 Å². The summed E-state index contributed by atoms with van der Waals surface area (Å²) in [7, 11) is 0. The minimum Gasteiger partial charge on any atom is -0.462 e. The molecule has 0 spiro atoms. The highest BCUT2D eigenvalue weighted by atomic mass is 35.5. The lowest BCUT2D eigenvalue weighted by Crippen LogP contribution is -2.15. The molecule has 0 unspecified atom stereocenters. The van der Waals surface area contributed by atoms with Gasteiger partial charge >= 0.3 is 5.97 Å². The highest BCUT2D eigenvalue weighted by Crippen LogP contribution is 2.24. The van der Waals surface area contributed by atoms with Crippen molar-refractivity contribution in [1.29, 1.82) is 0 Å². The monoisotopic (exact) mass is 425 g/mol. The summed E-state index contributed by atoms with van der Waals surface area (Å²) in [5.41, 5.74) is 2.38. The Morgan fingerprint density at radius 2 is 1.66 bits per heavy atom. The normalized spacial score (nSPS) is 10.4. The summed E-state index contributed by atoms with van der Waals surface area (Å²) in [6.07, 6.45) is 0. The number of hydrogen-bond acceptors (Lipinski definition) is 4. The Morgan fingerprint density at radius 3 is 2.34 bits per heavy atom. The van der Waals surface area contributed by atoms with E-state index in [0.717, 1.165) is 16.2 Å². The summed E-state index contributed by atoms with van der Waals surface area (Å²) in [5.74, 6) is 0.0477. The lowest BCUT2D eigenvalue weighted by atomic mass is 10.1. The summed E-state index contributed by atoms with van der Waals surface area (Å²) in [4.78, 5) is 25.8. The Morgan fingerprint density at radius 1 is 0.966 bits per heavy atom. The van der Waals surface area contributed by atoms with Crippen LogP contribution in [0.4, 0.5) is 5.69 Å². The zero-order chi connectivity index (χ0) is 20.6. The summed E-state index contributed by atoms with van der Waals surface area (Å²) < 4.78 is 5.04. The molecule has 29 heavy (non-hydrogen) atoms. The number of ether oxygens (including phenoxy) is 1. The summed E-state index contributed by atoms with van der Waals surface area (Å²) in [6, 6.07) is 21.9. The van der Waals surface area contributed by atoms with E-state index in [1.54, 1.807) is 55.1 Å². The van der Waals surface area contributed by atoms with E-state index >= 15 is 0 Å². The third-order valence-corrected chi connectivity index (χ3v) is 5.44. The standard InChI is InChI=1S/C23H20ClNO3S/c1-2-28-23(27)20-5-3-4-6-21(20)25-22(26)17-9-7-16(8-10-17)15-29-19-13-11-18(24)12-14-19/h3-14H,2,15H2,1H3,(H,25,26). The van der Waals surface area contributed by atoms with E-state index in [1.807, 2.05) is 36.4 Å². The Kier molecular flexibility index (Phi) is 7.33. The van der Waals surface area contributed by atoms with Gasteiger partial charge in [-0.1, -0.05) is 35.9 Å². The van der Waals surface area contributed by atoms with Crippen LogP contribution in [0.25, 0.3) is 0 Å². The minimum absolute atomic E-state index is 0.274. The van der Waals surface area contributed by atoms with Crippen LogP contribution in [0.15, 0.2) is 77.7 Å². The average molecular weight is 426 g/mol. The van der Waals surface area contributed by atoms with Gasteiger partial charge in [0, 0.05) is 21.2 Å². The molecule has 0 saturated carbocycles. The number of esters is 1. The molecule has 148 valence electrons. The van der Waals surface area contributed by atoms with E-state index in [4.69, 9.17) is 16.3 Å². The highest BCUT2D eigenvalue weighted by Gasteiger charge is 2.14. The third-order valence-electron chi connectivity index (χ3n) is 4.11. The summed E-state index contributed by atoms with van der Waals surface area (Å²) in [6.45, 7) is 2.02. The fourth-order valence-corrected chi connectivity index (χ4v) is 3.60. The molecule has 3 aromatic carbocycles. The smallest absolute Gasteiger partial charge is 0.340 e. The van der Waals surface area contributed by atoms with E-state index in [0.29, 0.717) is 21.8 Å². The van der Waals surface area contributed by atoms with Gasteiger partial charge in [0.2, 0.25) is 0 Å². The maximum atomic E-state index is 12.6. The van der Waals surface area contributed by atoms with Crippen molar-refractivity contribution in [2.45, 2.75) is 17.6 Å². The van der Waals surface area contributed by atoms with Crippen LogP contribution in [0.3, 0.4) is 0 Å². The number of benzene rings is 3. The first-order valence-corrected chi connectivity index (χ1v) is 10.5. The van der Waals surface area contributed by atoms with Crippen LogP contribution >= 0.6 is 23.4 Å². The van der Waals surface area contributed by atoms with E-state index < -0.39 is 5.97 Å². The molecule has 0 radical (unpaired) electrons. The number of amides is 1. The molecular formula is C23H20ClNO3S. The Balaban J connectivity index is 1.63. The van der Waals surface area contributed by atoms with Crippen molar-refractivity contribution in [3.8, 4) is 0 Å². The minimum atomic E-state index is -0.460. The van der Waals surface area contributed by atoms with E-state index in [9.17, 15) is 9.59 Å². The first-order valence-electron chi connectivity index (χ1n) is 9.11. The Hall–Kier alpha value is -2.76. The number of hydrogen-bond donors (Lipinski definition) is 1. The second-order valence-corrected chi connectivity index (χ2v) is 7.64. The van der Waals surface area contributed by atoms with Gasteiger partial charge in [0.05, 0.1) is 17.9 Å². The fourth-order valence-electron chi connectivity index (χ4n) is 2.62. The van der Waals surface area contributed by atoms with Crippen LogP contribution in [-0.2, 0) is 10.5 Å². The van der Waals surface area contributed by atoms with Crippen LogP contribution in [0.2, 0.25) is 5.02 Å². The predicted octanol–water partition coefficient (Wildman–Crippen LogP) is 6.06. The van der Waals surface area contributed by atoms with Gasteiger partial charge in [0.25, 0.3) is 5.91 Å². The quantitative estimate of drug-likeness (QED) is 0.369. The number of para-hydroxylation sites is 1. The van der Waals surface area contributed by atoms with Gasteiger partial charge in [-0.15, -0.1) is 11.8 Å². The average Bonchev–Trinajstić information content (AvgIpc) is 2.74. The number of thioether (sulfide) groups is 1. The van der Waals surface area contributed by atoms with E-state index in [2.05, 4.69) is 5.32 Å². The molecule has 0 aliphatic rings. The van der Waals surface area contributed by atoms with Crippen molar-refractivity contribution < 1.29 is 14.3 Å². The maximum Gasteiger partial charge on any atom is 0.340 e. The van der Waals surface area contributed by atoms with Gasteiger partial charge in [-0.3, -0.25) is 4.79 Å².